The molecular weight excluding hydrogens is 288 g/mol. The first-order valence-corrected chi connectivity index (χ1v) is 7.39. The second-order valence-corrected chi connectivity index (χ2v) is 5.48. The molecule has 0 aliphatic rings. The molecule has 0 saturated heterocycles. The van der Waals surface area contributed by atoms with Crippen LogP contribution in [0.2, 0.25) is 0 Å². The van der Waals surface area contributed by atoms with Crippen molar-refractivity contribution in [2.24, 2.45) is 12.9 Å². The number of anilines is 1. The van der Waals surface area contributed by atoms with Gasteiger partial charge in [-0.3, -0.25) is 10.2 Å². The fourth-order valence-electron chi connectivity index (χ4n) is 1.73. The molecule has 0 saturated carbocycles. The Kier molecular flexibility index (Phi) is 5.18. The summed E-state index contributed by atoms with van der Waals surface area (Å²) in [6.07, 6.45) is 0. The Bertz CT molecular complexity index is 627. The summed E-state index contributed by atoms with van der Waals surface area (Å²) in [5.74, 6) is 5.80. The van der Waals surface area contributed by atoms with E-state index in [9.17, 15) is 4.79 Å². The maximum absolute atomic E-state index is 11.1. The topological polar surface area (TPSA) is 97.9 Å². The molecule has 0 fully saturated rings. The van der Waals surface area contributed by atoms with Crippen molar-refractivity contribution in [3.63, 3.8) is 0 Å². The van der Waals surface area contributed by atoms with Crippen molar-refractivity contribution >= 4 is 23.4 Å². The van der Waals surface area contributed by atoms with Gasteiger partial charge in [0.15, 0.2) is 11.0 Å². The number of thioether (sulfide) groups is 1. The van der Waals surface area contributed by atoms with Crippen LogP contribution >= 0.6 is 11.8 Å². The van der Waals surface area contributed by atoms with E-state index >= 15 is 0 Å². The highest BCUT2D eigenvalue weighted by Gasteiger charge is 2.10. The molecule has 1 heterocycles. The van der Waals surface area contributed by atoms with E-state index in [0.717, 1.165) is 11.5 Å². The van der Waals surface area contributed by atoms with Crippen LogP contribution in [0.3, 0.4) is 0 Å². The number of amides is 1. The number of rotatable bonds is 6. The number of aromatic nitrogens is 3. The van der Waals surface area contributed by atoms with Crippen molar-refractivity contribution in [2.45, 2.75) is 18.6 Å². The Labute approximate surface area is 127 Å². The van der Waals surface area contributed by atoms with E-state index in [-0.39, 0.29) is 11.7 Å². The maximum Gasteiger partial charge on any atom is 0.244 e. The highest BCUT2D eigenvalue weighted by Crippen LogP contribution is 2.16. The minimum atomic E-state index is -0.248. The molecule has 1 aromatic heterocycles. The second kappa shape index (κ2) is 7.09. The molecule has 8 heteroatoms. The van der Waals surface area contributed by atoms with E-state index in [4.69, 9.17) is 5.84 Å². The van der Waals surface area contributed by atoms with E-state index in [0.29, 0.717) is 11.7 Å². The second-order valence-electron chi connectivity index (χ2n) is 4.54. The number of carbonyl (C=O) groups is 1. The van der Waals surface area contributed by atoms with Crippen LogP contribution < -0.4 is 16.6 Å². The third-order valence-electron chi connectivity index (χ3n) is 2.89. The molecule has 112 valence electrons. The third-order valence-corrected chi connectivity index (χ3v) is 3.91. The van der Waals surface area contributed by atoms with Crippen LogP contribution in [0.15, 0.2) is 29.4 Å². The number of carbonyl (C=O) groups excluding carboxylic acids is 1. The van der Waals surface area contributed by atoms with Gasteiger partial charge in [0, 0.05) is 12.7 Å². The summed E-state index contributed by atoms with van der Waals surface area (Å²) in [4.78, 5) is 11.1. The Morgan fingerprint density at radius 2 is 2.24 bits per heavy atom. The summed E-state index contributed by atoms with van der Waals surface area (Å²) >= 11 is 1.29. The summed E-state index contributed by atoms with van der Waals surface area (Å²) in [6.45, 7) is 2.61. The summed E-state index contributed by atoms with van der Waals surface area (Å²) in [5.41, 5.74) is 4.32. The predicted octanol–water partition coefficient (Wildman–Crippen LogP) is 0.818. The molecule has 0 bridgehead atoms. The molecular formula is C13H18N6OS. The van der Waals surface area contributed by atoms with Gasteiger partial charge in [0.1, 0.15) is 0 Å². The molecule has 21 heavy (non-hydrogen) atoms. The zero-order valence-electron chi connectivity index (χ0n) is 12.0. The minimum Gasteiger partial charge on any atom is -0.378 e. The van der Waals surface area contributed by atoms with Gasteiger partial charge in [-0.2, -0.15) is 0 Å². The minimum absolute atomic E-state index is 0.216. The smallest absolute Gasteiger partial charge is 0.244 e. The first-order valence-electron chi connectivity index (χ1n) is 6.41. The monoisotopic (exact) mass is 306 g/mol. The number of nitrogens with one attached hydrogen (secondary N) is 2. The van der Waals surface area contributed by atoms with E-state index < -0.39 is 0 Å². The Balaban J connectivity index is 1.95. The number of nitrogens with two attached hydrogens (primary N) is 1. The molecule has 7 nitrogen and oxygen atoms in total. The van der Waals surface area contributed by atoms with Gasteiger partial charge in [-0.1, -0.05) is 23.9 Å². The van der Waals surface area contributed by atoms with Gasteiger partial charge < -0.3 is 9.88 Å². The normalized spacial score (nSPS) is 10.4. The quantitative estimate of drug-likeness (QED) is 0.316. The summed E-state index contributed by atoms with van der Waals surface area (Å²) < 4.78 is 1.86. The average Bonchev–Trinajstić information content (AvgIpc) is 2.83. The molecule has 0 atom stereocenters. The van der Waals surface area contributed by atoms with Gasteiger partial charge in [-0.15, -0.1) is 10.2 Å². The molecule has 0 unspecified atom stereocenters. The molecule has 0 aliphatic carbocycles. The molecule has 2 rings (SSSR count). The Morgan fingerprint density at radius 1 is 1.43 bits per heavy atom. The molecule has 1 aromatic carbocycles. The van der Waals surface area contributed by atoms with Crippen molar-refractivity contribution in [1.82, 2.24) is 20.2 Å². The van der Waals surface area contributed by atoms with Crippen LogP contribution in [0, 0.1) is 6.92 Å². The highest BCUT2D eigenvalue weighted by molar-refractivity contribution is 7.99. The lowest BCUT2D eigenvalue weighted by atomic mass is 10.2. The van der Waals surface area contributed by atoms with E-state index in [2.05, 4.69) is 27.0 Å². The molecule has 0 spiro atoms. The van der Waals surface area contributed by atoms with Gasteiger partial charge in [0.25, 0.3) is 0 Å². The van der Waals surface area contributed by atoms with Crippen LogP contribution in [0.4, 0.5) is 5.69 Å². The number of hydrogen-bond donors (Lipinski definition) is 3. The van der Waals surface area contributed by atoms with Gasteiger partial charge in [0.05, 0.1) is 12.3 Å². The zero-order chi connectivity index (χ0) is 15.2. The number of hydrazine groups is 1. The number of nitrogens with zero attached hydrogens (tertiary/aromatic N) is 3. The van der Waals surface area contributed by atoms with E-state index in [1.807, 2.05) is 36.7 Å². The number of hydrogen-bond acceptors (Lipinski definition) is 6. The van der Waals surface area contributed by atoms with Gasteiger partial charge in [-0.05, 0) is 24.6 Å². The number of benzene rings is 1. The van der Waals surface area contributed by atoms with Crippen molar-refractivity contribution in [3.05, 3.63) is 35.7 Å². The van der Waals surface area contributed by atoms with Crippen LogP contribution in [0.1, 0.15) is 11.4 Å². The van der Waals surface area contributed by atoms with Gasteiger partial charge in [0.2, 0.25) is 5.91 Å². The third kappa shape index (κ3) is 4.20. The molecule has 0 radical (unpaired) electrons. The van der Waals surface area contributed by atoms with Gasteiger partial charge >= 0.3 is 0 Å². The SMILES string of the molecule is Cc1cccc(NCc2nnc(SCC(=O)NN)n2C)c1. The van der Waals surface area contributed by atoms with Gasteiger partial charge in [-0.25, -0.2) is 5.84 Å². The molecule has 2 aromatic rings. The predicted molar refractivity (Wildman–Crippen MR) is 82.6 cm³/mol. The molecule has 0 aliphatic heterocycles. The lowest BCUT2D eigenvalue weighted by Crippen LogP contribution is -2.31. The fourth-order valence-corrected chi connectivity index (χ4v) is 2.47. The van der Waals surface area contributed by atoms with Crippen molar-refractivity contribution < 1.29 is 4.79 Å². The Hall–Kier alpha value is -2.06. The molecule has 1 amide bonds. The van der Waals surface area contributed by atoms with Crippen molar-refractivity contribution in [2.75, 3.05) is 11.1 Å². The maximum atomic E-state index is 11.1. The first-order chi connectivity index (χ1) is 10.1. The van der Waals surface area contributed by atoms with Crippen molar-refractivity contribution in [3.8, 4) is 0 Å². The summed E-state index contributed by atoms with van der Waals surface area (Å²) in [6, 6.07) is 8.12. The molecule has 4 N–H and O–H groups in total. The summed E-state index contributed by atoms with van der Waals surface area (Å²) in [7, 11) is 1.87. The fraction of sp³-hybridized carbons (Fsp3) is 0.308. The summed E-state index contributed by atoms with van der Waals surface area (Å²) in [5, 5.41) is 12.2. The zero-order valence-corrected chi connectivity index (χ0v) is 12.8. The number of aryl methyl sites for hydroxylation is 1. The van der Waals surface area contributed by atoms with Crippen LogP contribution in [-0.2, 0) is 18.4 Å². The lowest BCUT2D eigenvalue weighted by Gasteiger charge is -2.07. The van der Waals surface area contributed by atoms with E-state index in [1.54, 1.807) is 0 Å². The van der Waals surface area contributed by atoms with Crippen LogP contribution in [-0.4, -0.2) is 26.4 Å². The van der Waals surface area contributed by atoms with E-state index in [1.165, 1.54) is 17.3 Å². The van der Waals surface area contributed by atoms with Crippen LogP contribution in [0.25, 0.3) is 0 Å². The lowest BCUT2D eigenvalue weighted by molar-refractivity contribution is -0.118. The van der Waals surface area contributed by atoms with Crippen LogP contribution in [0.5, 0.6) is 0 Å². The highest BCUT2D eigenvalue weighted by atomic mass is 32.2. The largest absolute Gasteiger partial charge is 0.378 e. The average molecular weight is 306 g/mol. The standard InChI is InChI=1S/C13H18N6OS/c1-9-4-3-5-10(6-9)15-7-11-17-18-13(19(11)2)21-8-12(20)16-14/h3-6,15H,7-8,14H2,1-2H3,(H,16,20). The Morgan fingerprint density at radius 3 is 2.95 bits per heavy atom. The van der Waals surface area contributed by atoms with Crippen molar-refractivity contribution in [1.29, 1.82) is 0 Å². The first kappa shape index (κ1) is 15.3.